The highest BCUT2D eigenvalue weighted by Gasteiger charge is 2.10. The summed E-state index contributed by atoms with van der Waals surface area (Å²) in [6.45, 7) is 0. The van der Waals surface area contributed by atoms with Crippen molar-refractivity contribution in [2.45, 2.75) is 0 Å². The molecule has 0 unspecified atom stereocenters. The van der Waals surface area contributed by atoms with E-state index in [0.717, 1.165) is 50.5 Å². The number of aromatic amines is 1. The topological polar surface area (TPSA) is 91.6 Å². The number of anilines is 5. The van der Waals surface area contributed by atoms with Crippen molar-refractivity contribution in [3.05, 3.63) is 78.9 Å². The summed E-state index contributed by atoms with van der Waals surface area (Å²) in [6.07, 6.45) is 0. The number of H-pyrrole nitrogens is 1. The number of nitrogens with zero attached hydrogens (tertiary/aromatic N) is 2. The number of hydrogen-bond donors (Lipinski definition) is 4. The third-order valence-corrected chi connectivity index (χ3v) is 4.62. The molecule has 6 nitrogen and oxygen atoms in total. The molecule has 0 amide bonds. The minimum Gasteiger partial charge on any atom is -0.399 e. The van der Waals surface area contributed by atoms with Gasteiger partial charge in [-0.3, -0.25) is 5.10 Å². The number of nitrogens with one attached hydrogen (secondary N) is 3. The highest BCUT2D eigenvalue weighted by atomic mass is 15.2. The molecule has 0 fully saturated rings. The number of rotatable bonds is 4. The third-order valence-electron chi connectivity index (χ3n) is 4.62. The lowest BCUT2D eigenvalue weighted by Gasteiger charge is -2.12. The number of nitrogen functional groups attached to an aromatic ring is 1. The van der Waals surface area contributed by atoms with E-state index in [1.807, 2.05) is 78.9 Å². The molecular weight excluding hydrogens is 348 g/mol. The second-order valence-electron chi connectivity index (χ2n) is 6.56. The molecule has 0 saturated heterocycles. The number of para-hydroxylation sites is 2. The normalized spacial score (nSPS) is 11.0. The molecule has 5 rings (SSSR count). The van der Waals surface area contributed by atoms with Gasteiger partial charge in [0, 0.05) is 28.2 Å². The first kappa shape index (κ1) is 16.1. The number of fused-ring (bicyclic) bond motifs is 2. The molecular formula is C22H18N6. The minimum atomic E-state index is 0.727. The van der Waals surface area contributed by atoms with Crippen LogP contribution in [0.1, 0.15) is 0 Å². The van der Waals surface area contributed by atoms with Gasteiger partial charge >= 0.3 is 0 Å². The Labute approximate surface area is 161 Å². The molecule has 5 N–H and O–H groups in total. The SMILES string of the molecule is Nc1ccc(Nc2cc(Nc3n[nH]c4ccccc34)c3ccccc3n2)cc1. The van der Waals surface area contributed by atoms with E-state index in [2.05, 4.69) is 20.8 Å². The summed E-state index contributed by atoms with van der Waals surface area (Å²) in [5.74, 6) is 1.52. The van der Waals surface area contributed by atoms with Crippen molar-refractivity contribution in [2.75, 3.05) is 16.4 Å². The van der Waals surface area contributed by atoms with Crippen molar-refractivity contribution in [3.8, 4) is 0 Å². The predicted octanol–water partition coefficient (Wildman–Crippen LogP) is 5.18. The fourth-order valence-electron chi connectivity index (χ4n) is 3.24. The minimum absolute atomic E-state index is 0.727. The van der Waals surface area contributed by atoms with Gasteiger partial charge in [-0.15, -0.1) is 0 Å². The maximum atomic E-state index is 5.78. The fourth-order valence-corrected chi connectivity index (χ4v) is 3.24. The van der Waals surface area contributed by atoms with Gasteiger partial charge in [0.25, 0.3) is 0 Å². The van der Waals surface area contributed by atoms with Gasteiger partial charge in [-0.05, 0) is 42.5 Å². The first-order valence-corrected chi connectivity index (χ1v) is 8.99. The standard InChI is InChI=1S/C22H18N6/c23-14-9-11-15(12-10-14)24-21-13-20(16-5-1-3-7-18(16)25-21)26-22-17-6-2-4-8-19(17)27-28-22/h1-13H,23H2,(H3,24,25,26,27,28). The Morgan fingerprint density at radius 2 is 1.54 bits per heavy atom. The number of pyridine rings is 1. The molecule has 0 atom stereocenters. The van der Waals surface area contributed by atoms with Crippen LogP contribution in [0.25, 0.3) is 21.8 Å². The molecule has 2 heterocycles. The van der Waals surface area contributed by atoms with Crippen LogP contribution in [0.2, 0.25) is 0 Å². The number of aromatic nitrogens is 3. The van der Waals surface area contributed by atoms with E-state index in [1.165, 1.54) is 0 Å². The van der Waals surface area contributed by atoms with Crippen LogP contribution in [-0.4, -0.2) is 15.2 Å². The quantitative estimate of drug-likeness (QED) is 0.329. The second kappa shape index (κ2) is 6.59. The summed E-state index contributed by atoms with van der Waals surface area (Å²) in [5, 5.41) is 16.4. The van der Waals surface area contributed by atoms with Crippen LogP contribution < -0.4 is 16.4 Å². The smallest absolute Gasteiger partial charge is 0.160 e. The molecule has 28 heavy (non-hydrogen) atoms. The van der Waals surface area contributed by atoms with Crippen LogP contribution in [0.4, 0.5) is 28.7 Å². The summed E-state index contributed by atoms with van der Waals surface area (Å²) >= 11 is 0. The highest BCUT2D eigenvalue weighted by Crippen LogP contribution is 2.31. The number of benzene rings is 3. The summed E-state index contributed by atoms with van der Waals surface area (Å²) in [6, 6.07) is 25.6. The van der Waals surface area contributed by atoms with Gasteiger partial charge in [0.15, 0.2) is 5.82 Å². The molecule has 136 valence electrons. The lowest BCUT2D eigenvalue weighted by molar-refractivity contribution is 1.12. The molecule has 3 aromatic carbocycles. The third kappa shape index (κ3) is 2.97. The Kier molecular flexibility index (Phi) is 3.80. The van der Waals surface area contributed by atoms with E-state index in [-0.39, 0.29) is 0 Å². The molecule has 6 heteroatoms. The summed E-state index contributed by atoms with van der Waals surface area (Å²) in [7, 11) is 0. The molecule has 0 aliphatic heterocycles. The van der Waals surface area contributed by atoms with E-state index >= 15 is 0 Å². The zero-order valence-corrected chi connectivity index (χ0v) is 15.0. The molecule has 5 aromatic rings. The van der Waals surface area contributed by atoms with Gasteiger partial charge in [-0.25, -0.2) is 4.98 Å². The van der Waals surface area contributed by atoms with E-state index in [9.17, 15) is 0 Å². The molecule has 0 saturated carbocycles. The molecule has 0 bridgehead atoms. The Hall–Kier alpha value is -4.06. The van der Waals surface area contributed by atoms with E-state index in [1.54, 1.807) is 0 Å². The van der Waals surface area contributed by atoms with Crippen molar-refractivity contribution >= 4 is 50.5 Å². The van der Waals surface area contributed by atoms with Crippen LogP contribution in [0.15, 0.2) is 78.9 Å². The van der Waals surface area contributed by atoms with Gasteiger partial charge in [0.05, 0.1) is 16.7 Å². The van der Waals surface area contributed by atoms with Gasteiger partial charge in [-0.1, -0.05) is 30.3 Å². The van der Waals surface area contributed by atoms with Crippen molar-refractivity contribution in [1.82, 2.24) is 15.2 Å². The highest BCUT2D eigenvalue weighted by molar-refractivity contribution is 5.98. The van der Waals surface area contributed by atoms with Crippen LogP contribution in [0.3, 0.4) is 0 Å². The molecule has 0 aliphatic carbocycles. The van der Waals surface area contributed by atoms with Gasteiger partial charge in [0.2, 0.25) is 0 Å². The Morgan fingerprint density at radius 3 is 2.39 bits per heavy atom. The number of hydrogen-bond acceptors (Lipinski definition) is 5. The van der Waals surface area contributed by atoms with Crippen LogP contribution in [0, 0.1) is 0 Å². The zero-order valence-electron chi connectivity index (χ0n) is 15.0. The van der Waals surface area contributed by atoms with Crippen molar-refractivity contribution in [3.63, 3.8) is 0 Å². The van der Waals surface area contributed by atoms with Gasteiger partial charge < -0.3 is 16.4 Å². The van der Waals surface area contributed by atoms with Crippen molar-refractivity contribution in [2.24, 2.45) is 0 Å². The summed E-state index contributed by atoms with van der Waals surface area (Å²) in [4.78, 5) is 4.73. The Morgan fingerprint density at radius 1 is 0.786 bits per heavy atom. The van der Waals surface area contributed by atoms with Crippen LogP contribution >= 0.6 is 0 Å². The molecule has 0 aliphatic rings. The van der Waals surface area contributed by atoms with E-state index in [4.69, 9.17) is 10.7 Å². The lowest BCUT2D eigenvalue weighted by atomic mass is 10.1. The lowest BCUT2D eigenvalue weighted by Crippen LogP contribution is -1.99. The van der Waals surface area contributed by atoms with Crippen LogP contribution in [-0.2, 0) is 0 Å². The van der Waals surface area contributed by atoms with Gasteiger partial charge in [-0.2, -0.15) is 5.10 Å². The van der Waals surface area contributed by atoms with Gasteiger partial charge in [0.1, 0.15) is 5.82 Å². The maximum absolute atomic E-state index is 5.78. The average molecular weight is 366 g/mol. The summed E-state index contributed by atoms with van der Waals surface area (Å²) < 4.78 is 0. The number of nitrogens with two attached hydrogens (primary N) is 1. The molecule has 2 aromatic heterocycles. The predicted molar refractivity (Wildman–Crippen MR) is 115 cm³/mol. The van der Waals surface area contributed by atoms with E-state index < -0.39 is 0 Å². The first-order valence-electron chi connectivity index (χ1n) is 8.99. The zero-order chi connectivity index (χ0) is 18.9. The largest absolute Gasteiger partial charge is 0.399 e. The Bertz CT molecular complexity index is 1270. The fraction of sp³-hybridized carbons (Fsp3) is 0. The molecule has 0 spiro atoms. The summed E-state index contributed by atoms with van der Waals surface area (Å²) in [5.41, 5.74) is 10.2. The van der Waals surface area contributed by atoms with E-state index in [0.29, 0.717) is 0 Å². The van der Waals surface area contributed by atoms with Crippen molar-refractivity contribution in [1.29, 1.82) is 0 Å². The van der Waals surface area contributed by atoms with Crippen molar-refractivity contribution < 1.29 is 0 Å². The maximum Gasteiger partial charge on any atom is 0.160 e. The van der Waals surface area contributed by atoms with Crippen LogP contribution in [0.5, 0.6) is 0 Å². The monoisotopic (exact) mass is 366 g/mol. The first-order chi connectivity index (χ1) is 13.8. The molecule has 0 radical (unpaired) electrons. The average Bonchev–Trinajstić information content (AvgIpc) is 3.13. The second-order valence-corrected chi connectivity index (χ2v) is 6.56. The Balaban J connectivity index is 1.57.